The van der Waals surface area contributed by atoms with Gasteiger partial charge in [0.2, 0.25) is 0 Å². The number of cyclic esters (lactones) is 2. The van der Waals surface area contributed by atoms with Gasteiger partial charge in [0.05, 0.1) is 11.8 Å². The molecule has 0 unspecified atom stereocenters. The van der Waals surface area contributed by atoms with Crippen LogP contribution in [0.25, 0.3) is 0 Å². The van der Waals surface area contributed by atoms with Crippen LogP contribution in [0.4, 0.5) is 0 Å². The molecule has 0 N–H and O–H groups in total. The first kappa shape index (κ1) is 7.21. The number of ether oxygens (including phenoxy) is 1. The lowest BCUT2D eigenvalue weighted by Crippen LogP contribution is -2.40. The number of carbonyl (C=O) groups is 2. The molecule has 0 amide bonds. The van der Waals surface area contributed by atoms with Crippen LogP contribution >= 0.6 is 0 Å². The van der Waals surface area contributed by atoms with Crippen molar-refractivity contribution in [2.45, 2.75) is 6.42 Å². The average Bonchev–Trinajstić information content (AvgIpc) is 2.92. The second kappa shape index (κ2) is 1.95. The minimum absolute atomic E-state index is 0.138. The van der Waals surface area contributed by atoms with Gasteiger partial charge in [-0.2, -0.15) is 0 Å². The molecular formula is C11H10O3. The second-order valence-corrected chi connectivity index (χ2v) is 4.89. The lowest BCUT2D eigenvalue weighted by atomic mass is 9.63. The maximum Gasteiger partial charge on any atom is 0.318 e. The quantitative estimate of drug-likeness (QED) is 0.321. The lowest BCUT2D eigenvalue weighted by Gasteiger charge is -2.36. The Hall–Kier alpha value is -1.12. The highest BCUT2D eigenvalue weighted by Crippen LogP contribution is 2.65. The van der Waals surface area contributed by atoms with Gasteiger partial charge < -0.3 is 4.74 Å². The summed E-state index contributed by atoms with van der Waals surface area (Å²) in [5.74, 6) is 1.12. The Balaban J connectivity index is 1.88. The molecule has 0 spiro atoms. The molecular weight excluding hydrogens is 180 g/mol. The minimum atomic E-state index is -0.273. The molecule has 2 saturated carbocycles. The van der Waals surface area contributed by atoms with Crippen LogP contribution in [0.15, 0.2) is 12.2 Å². The maximum atomic E-state index is 11.5. The van der Waals surface area contributed by atoms with E-state index < -0.39 is 0 Å². The van der Waals surface area contributed by atoms with E-state index in [-0.39, 0.29) is 23.8 Å². The van der Waals surface area contributed by atoms with Crippen molar-refractivity contribution < 1.29 is 14.3 Å². The largest absolute Gasteiger partial charge is 0.393 e. The van der Waals surface area contributed by atoms with Gasteiger partial charge in [0.1, 0.15) is 0 Å². The Bertz CT molecular complexity index is 350. The average molecular weight is 190 g/mol. The summed E-state index contributed by atoms with van der Waals surface area (Å²) in [6.07, 6.45) is 5.48. The summed E-state index contributed by atoms with van der Waals surface area (Å²) in [6.45, 7) is 0. The zero-order valence-electron chi connectivity index (χ0n) is 7.55. The van der Waals surface area contributed by atoms with Crippen molar-refractivity contribution in [3.63, 3.8) is 0 Å². The van der Waals surface area contributed by atoms with E-state index in [2.05, 4.69) is 12.2 Å². The molecule has 3 heteroatoms. The fraction of sp³-hybridized carbons (Fsp3) is 0.636. The molecule has 0 aromatic rings. The number of rotatable bonds is 0. The zero-order valence-corrected chi connectivity index (χ0v) is 7.55. The Labute approximate surface area is 81.1 Å². The van der Waals surface area contributed by atoms with Gasteiger partial charge in [0.15, 0.2) is 0 Å². The van der Waals surface area contributed by atoms with Gasteiger partial charge in [-0.1, -0.05) is 12.2 Å². The number of carbonyl (C=O) groups excluding carboxylic acids is 2. The molecule has 1 aliphatic heterocycles. The van der Waals surface area contributed by atoms with Crippen LogP contribution < -0.4 is 0 Å². The molecule has 3 fully saturated rings. The van der Waals surface area contributed by atoms with Gasteiger partial charge in [-0.3, -0.25) is 9.59 Å². The summed E-state index contributed by atoms with van der Waals surface area (Å²) < 4.78 is 4.74. The molecule has 72 valence electrons. The Kier molecular flexibility index (Phi) is 1.00. The lowest BCUT2D eigenvalue weighted by molar-refractivity contribution is -0.154. The molecule has 0 aromatic carbocycles. The van der Waals surface area contributed by atoms with Crippen molar-refractivity contribution in [2.24, 2.45) is 35.5 Å². The smallest absolute Gasteiger partial charge is 0.318 e. The molecule has 6 atom stereocenters. The maximum absolute atomic E-state index is 11.5. The summed E-state index contributed by atoms with van der Waals surface area (Å²) in [5, 5.41) is 0. The summed E-state index contributed by atoms with van der Waals surface area (Å²) in [5.41, 5.74) is 0. The van der Waals surface area contributed by atoms with Gasteiger partial charge >= 0.3 is 11.9 Å². The predicted molar refractivity (Wildman–Crippen MR) is 45.8 cm³/mol. The van der Waals surface area contributed by atoms with Crippen molar-refractivity contribution in [1.29, 1.82) is 0 Å². The third kappa shape index (κ3) is 0.606. The molecule has 3 nitrogen and oxygen atoms in total. The summed E-state index contributed by atoms with van der Waals surface area (Å²) in [6, 6.07) is 0. The van der Waals surface area contributed by atoms with E-state index in [0.29, 0.717) is 23.7 Å². The molecule has 2 bridgehead atoms. The zero-order chi connectivity index (χ0) is 9.45. The Morgan fingerprint density at radius 3 is 2.00 bits per heavy atom. The van der Waals surface area contributed by atoms with Crippen molar-refractivity contribution in [2.75, 3.05) is 0 Å². The molecule has 0 aromatic heterocycles. The van der Waals surface area contributed by atoms with Crippen LogP contribution in [0.3, 0.4) is 0 Å². The van der Waals surface area contributed by atoms with E-state index >= 15 is 0 Å². The first-order valence-corrected chi connectivity index (χ1v) is 5.21. The molecule has 14 heavy (non-hydrogen) atoms. The summed E-state index contributed by atoms with van der Waals surface area (Å²) >= 11 is 0. The summed E-state index contributed by atoms with van der Waals surface area (Å²) in [7, 11) is 0. The van der Waals surface area contributed by atoms with Crippen LogP contribution in [0.5, 0.6) is 0 Å². The fourth-order valence-electron chi connectivity index (χ4n) is 3.76. The van der Waals surface area contributed by atoms with Crippen LogP contribution in [-0.4, -0.2) is 11.9 Å². The number of allylic oxidation sites excluding steroid dienone is 2. The van der Waals surface area contributed by atoms with Crippen LogP contribution in [-0.2, 0) is 14.3 Å². The third-order valence-corrected chi connectivity index (χ3v) is 4.40. The SMILES string of the molecule is O=C1OC(=O)[C@H]2[C@@H]3C=C[C@@H]([C@H]4C[C@@H]34)[C@@H]12. The summed E-state index contributed by atoms with van der Waals surface area (Å²) in [4.78, 5) is 23.0. The van der Waals surface area contributed by atoms with E-state index in [1.165, 1.54) is 6.42 Å². The van der Waals surface area contributed by atoms with Crippen molar-refractivity contribution in [1.82, 2.24) is 0 Å². The van der Waals surface area contributed by atoms with Crippen molar-refractivity contribution in [3.8, 4) is 0 Å². The van der Waals surface area contributed by atoms with Gasteiger partial charge in [-0.25, -0.2) is 0 Å². The van der Waals surface area contributed by atoms with E-state index in [9.17, 15) is 9.59 Å². The highest BCUT2D eigenvalue weighted by atomic mass is 16.6. The van der Waals surface area contributed by atoms with Crippen molar-refractivity contribution in [3.05, 3.63) is 12.2 Å². The normalized spacial score (nSPS) is 56.9. The first-order valence-electron chi connectivity index (χ1n) is 5.21. The van der Waals surface area contributed by atoms with Crippen LogP contribution in [0, 0.1) is 35.5 Å². The molecule has 0 radical (unpaired) electrons. The van der Waals surface area contributed by atoms with E-state index in [1.54, 1.807) is 0 Å². The minimum Gasteiger partial charge on any atom is -0.393 e. The first-order chi connectivity index (χ1) is 6.77. The third-order valence-electron chi connectivity index (χ3n) is 4.40. The van der Waals surface area contributed by atoms with Gasteiger partial charge in [0.25, 0.3) is 0 Å². The number of hydrogen-bond donors (Lipinski definition) is 0. The van der Waals surface area contributed by atoms with E-state index in [1.807, 2.05) is 0 Å². The number of esters is 2. The highest BCUT2D eigenvalue weighted by Gasteiger charge is 2.66. The van der Waals surface area contributed by atoms with Gasteiger partial charge in [0, 0.05) is 0 Å². The molecule has 1 heterocycles. The molecule has 5 rings (SSSR count). The van der Waals surface area contributed by atoms with Crippen LogP contribution in [0.1, 0.15) is 6.42 Å². The van der Waals surface area contributed by atoms with E-state index in [4.69, 9.17) is 4.74 Å². The van der Waals surface area contributed by atoms with Crippen LogP contribution in [0.2, 0.25) is 0 Å². The molecule has 5 aliphatic rings. The fourth-order valence-corrected chi connectivity index (χ4v) is 3.76. The number of hydrogen-bond acceptors (Lipinski definition) is 3. The Morgan fingerprint density at radius 1 is 1.00 bits per heavy atom. The molecule has 1 saturated heterocycles. The van der Waals surface area contributed by atoms with E-state index in [0.717, 1.165) is 0 Å². The predicted octanol–water partition coefficient (Wildman–Crippen LogP) is 0.754. The monoisotopic (exact) mass is 190 g/mol. The second-order valence-electron chi connectivity index (χ2n) is 4.89. The highest BCUT2D eigenvalue weighted by molar-refractivity contribution is 5.97. The molecule has 4 aliphatic carbocycles. The van der Waals surface area contributed by atoms with Gasteiger partial charge in [-0.05, 0) is 30.1 Å². The van der Waals surface area contributed by atoms with Crippen molar-refractivity contribution >= 4 is 11.9 Å². The standard InChI is InChI=1S/C11H10O3/c12-10-8-4-1-2-5(7-3-6(4)7)9(8)11(13)14-10/h1-2,4-9H,3H2/t4-,5+,6+,7-,8+,9-. The van der Waals surface area contributed by atoms with Gasteiger partial charge in [-0.15, -0.1) is 0 Å². The Morgan fingerprint density at radius 2 is 1.50 bits per heavy atom. The topological polar surface area (TPSA) is 43.4 Å².